The van der Waals surface area contributed by atoms with Gasteiger partial charge in [-0.25, -0.2) is 0 Å². The molecule has 0 unspecified atom stereocenters. The third-order valence-electron chi connectivity index (χ3n) is 5.52. The number of anilines is 1. The molecule has 0 spiro atoms. The molecule has 2 heteroatoms. The molecule has 1 N–H and O–H groups in total. The Morgan fingerprint density at radius 3 is 2.38 bits per heavy atom. The van der Waals surface area contributed by atoms with E-state index in [1.54, 1.807) is 5.56 Å². The third-order valence-corrected chi connectivity index (χ3v) is 5.52. The molecule has 0 heterocycles. The van der Waals surface area contributed by atoms with Crippen LogP contribution in [0, 0.1) is 0 Å². The summed E-state index contributed by atoms with van der Waals surface area (Å²) in [5.74, 6) is 0.761. The smallest absolute Gasteiger partial charge is 0.0376 e. The molecule has 1 saturated carbocycles. The fraction of sp³-hybridized carbons (Fsp3) is 0.727. The maximum Gasteiger partial charge on any atom is 0.0376 e. The molecule has 0 saturated heterocycles. The zero-order valence-corrected chi connectivity index (χ0v) is 16.0. The fourth-order valence-electron chi connectivity index (χ4n) is 3.94. The molecule has 1 aliphatic rings. The van der Waals surface area contributed by atoms with Gasteiger partial charge in [-0.05, 0) is 49.9 Å². The van der Waals surface area contributed by atoms with E-state index in [0.29, 0.717) is 0 Å². The van der Waals surface area contributed by atoms with Crippen molar-refractivity contribution in [1.82, 2.24) is 4.90 Å². The van der Waals surface area contributed by atoms with Crippen LogP contribution in [-0.2, 0) is 0 Å². The standard InChI is InChI=1S/C22H38N2/c1-3-5-18-24(4-2)19-17-23-22-16-12-11-15-21(22)20-13-9-7-6-8-10-14-20/h11-12,15-16,20,23H,3-10,13-14,17-19H2,1-2H3. The van der Waals surface area contributed by atoms with E-state index in [9.17, 15) is 0 Å². The molecule has 0 bridgehead atoms. The van der Waals surface area contributed by atoms with Crippen molar-refractivity contribution in [1.29, 1.82) is 0 Å². The highest BCUT2D eigenvalue weighted by molar-refractivity contribution is 5.52. The number of benzene rings is 1. The summed E-state index contributed by atoms with van der Waals surface area (Å²) < 4.78 is 0. The van der Waals surface area contributed by atoms with Gasteiger partial charge in [0.1, 0.15) is 0 Å². The van der Waals surface area contributed by atoms with Gasteiger partial charge in [0.05, 0.1) is 0 Å². The molecule has 1 aromatic carbocycles. The number of unbranched alkanes of at least 4 members (excludes halogenated alkanes) is 1. The van der Waals surface area contributed by atoms with E-state index in [1.807, 2.05) is 0 Å². The topological polar surface area (TPSA) is 15.3 Å². The Hall–Kier alpha value is -1.02. The predicted octanol–water partition coefficient (Wildman–Crippen LogP) is 6.05. The summed E-state index contributed by atoms with van der Waals surface area (Å²) in [5, 5.41) is 3.75. The van der Waals surface area contributed by atoms with Gasteiger partial charge in [0.15, 0.2) is 0 Å². The largest absolute Gasteiger partial charge is 0.384 e. The van der Waals surface area contributed by atoms with Crippen molar-refractivity contribution < 1.29 is 0 Å². The monoisotopic (exact) mass is 330 g/mol. The SMILES string of the molecule is CCCCN(CC)CCNc1ccccc1C1CCCCCCC1. The Bertz CT molecular complexity index is 435. The molecule has 2 nitrogen and oxygen atoms in total. The van der Waals surface area contributed by atoms with Gasteiger partial charge < -0.3 is 10.2 Å². The van der Waals surface area contributed by atoms with Crippen LogP contribution in [-0.4, -0.2) is 31.1 Å². The highest BCUT2D eigenvalue weighted by Gasteiger charge is 2.16. The highest BCUT2D eigenvalue weighted by Crippen LogP contribution is 2.34. The first kappa shape index (κ1) is 19.3. The van der Waals surface area contributed by atoms with Crippen LogP contribution in [0.2, 0.25) is 0 Å². The predicted molar refractivity (Wildman–Crippen MR) is 107 cm³/mol. The molecule has 0 aromatic heterocycles. The number of hydrogen-bond donors (Lipinski definition) is 1. The molecule has 24 heavy (non-hydrogen) atoms. The van der Waals surface area contributed by atoms with Crippen LogP contribution in [0.1, 0.15) is 83.1 Å². The third kappa shape index (κ3) is 6.47. The van der Waals surface area contributed by atoms with Gasteiger partial charge in [0.25, 0.3) is 0 Å². The Balaban J connectivity index is 1.90. The van der Waals surface area contributed by atoms with Crippen LogP contribution < -0.4 is 5.32 Å². The van der Waals surface area contributed by atoms with Crippen LogP contribution in [0.15, 0.2) is 24.3 Å². The molecule has 1 aliphatic carbocycles. The minimum absolute atomic E-state index is 0.761. The first-order valence-corrected chi connectivity index (χ1v) is 10.4. The molecule has 0 atom stereocenters. The quantitative estimate of drug-likeness (QED) is 0.593. The zero-order valence-electron chi connectivity index (χ0n) is 16.0. The fourth-order valence-corrected chi connectivity index (χ4v) is 3.94. The van der Waals surface area contributed by atoms with Crippen LogP contribution in [0.25, 0.3) is 0 Å². The minimum Gasteiger partial charge on any atom is -0.384 e. The second kappa shape index (κ2) is 11.5. The van der Waals surface area contributed by atoms with Gasteiger partial charge in [0.2, 0.25) is 0 Å². The van der Waals surface area contributed by atoms with E-state index < -0.39 is 0 Å². The Labute approximate surface area is 150 Å². The lowest BCUT2D eigenvalue weighted by atomic mass is 9.85. The number of nitrogens with one attached hydrogen (secondary N) is 1. The molecule has 0 aliphatic heterocycles. The van der Waals surface area contributed by atoms with Crippen molar-refractivity contribution in [2.75, 3.05) is 31.5 Å². The van der Waals surface area contributed by atoms with Gasteiger partial charge in [-0.2, -0.15) is 0 Å². The molecule has 1 fully saturated rings. The van der Waals surface area contributed by atoms with E-state index in [0.717, 1.165) is 25.6 Å². The Kier molecular flexibility index (Phi) is 9.27. The summed E-state index contributed by atoms with van der Waals surface area (Å²) >= 11 is 0. The minimum atomic E-state index is 0.761. The van der Waals surface area contributed by atoms with Crippen LogP contribution in [0.4, 0.5) is 5.69 Å². The van der Waals surface area contributed by atoms with E-state index in [-0.39, 0.29) is 0 Å². The van der Waals surface area contributed by atoms with Gasteiger partial charge in [0, 0.05) is 18.8 Å². The van der Waals surface area contributed by atoms with Crippen molar-refractivity contribution in [2.24, 2.45) is 0 Å². The Morgan fingerprint density at radius 1 is 0.958 bits per heavy atom. The zero-order chi connectivity index (χ0) is 17.0. The van der Waals surface area contributed by atoms with Crippen LogP contribution in [0.3, 0.4) is 0 Å². The van der Waals surface area contributed by atoms with Gasteiger partial charge in [-0.3, -0.25) is 0 Å². The number of para-hydroxylation sites is 1. The molecular formula is C22H38N2. The number of nitrogens with zero attached hydrogens (tertiary/aromatic N) is 1. The van der Waals surface area contributed by atoms with Crippen LogP contribution in [0.5, 0.6) is 0 Å². The maximum absolute atomic E-state index is 3.75. The summed E-state index contributed by atoms with van der Waals surface area (Å²) in [7, 11) is 0. The summed E-state index contributed by atoms with van der Waals surface area (Å²) in [5.41, 5.74) is 2.95. The molecule has 1 aromatic rings. The summed E-state index contributed by atoms with van der Waals surface area (Å²) in [6.07, 6.45) is 12.4. The van der Waals surface area contributed by atoms with E-state index in [4.69, 9.17) is 0 Å². The van der Waals surface area contributed by atoms with Gasteiger partial charge in [-0.15, -0.1) is 0 Å². The second-order valence-electron chi connectivity index (χ2n) is 7.34. The van der Waals surface area contributed by atoms with E-state index in [2.05, 4.69) is 48.3 Å². The summed E-state index contributed by atoms with van der Waals surface area (Å²) in [6, 6.07) is 9.06. The first-order chi connectivity index (χ1) is 11.8. The average Bonchev–Trinajstić information content (AvgIpc) is 2.58. The highest BCUT2D eigenvalue weighted by atomic mass is 15.1. The lowest BCUT2D eigenvalue weighted by Gasteiger charge is -2.24. The lowest BCUT2D eigenvalue weighted by Crippen LogP contribution is -2.30. The molecular weight excluding hydrogens is 292 g/mol. The second-order valence-corrected chi connectivity index (χ2v) is 7.34. The van der Waals surface area contributed by atoms with Crippen molar-refractivity contribution in [3.05, 3.63) is 29.8 Å². The van der Waals surface area contributed by atoms with E-state index in [1.165, 1.54) is 70.0 Å². The number of hydrogen-bond acceptors (Lipinski definition) is 2. The molecule has 0 amide bonds. The first-order valence-electron chi connectivity index (χ1n) is 10.4. The molecule has 2 rings (SSSR count). The maximum atomic E-state index is 3.75. The van der Waals surface area contributed by atoms with Crippen molar-refractivity contribution in [3.8, 4) is 0 Å². The number of likely N-dealkylation sites (N-methyl/N-ethyl adjacent to an activating group) is 1. The Morgan fingerprint density at radius 2 is 1.67 bits per heavy atom. The lowest BCUT2D eigenvalue weighted by molar-refractivity contribution is 0.294. The van der Waals surface area contributed by atoms with Crippen LogP contribution >= 0.6 is 0 Å². The van der Waals surface area contributed by atoms with Gasteiger partial charge in [-0.1, -0.05) is 70.6 Å². The van der Waals surface area contributed by atoms with Crippen molar-refractivity contribution >= 4 is 5.69 Å². The summed E-state index contributed by atoms with van der Waals surface area (Å²) in [6.45, 7) is 9.15. The van der Waals surface area contributed by atoms with Gasteiger partial charge >= 0.3 is 0 Å². The summed E-state index contributed by atoms with van der Waals surface area (Å²) in [4.78, 5) is 2.56. The normalized spacial score (nSPS) is 16.8. The average molecular weight is 331 g/mol. The van der Waals surface area contributed by atoms with E-state index >= 15 is 0 Å². The molecule has 0 radical (unpaired) electrons. The number of rotatable bonds is 9. The van der Waals surface area contributed by atoms with Crippen molar-refractivity contribution in [2.45, 2.75) is 77.6 Å². The molecule has 136 valence electrons. The van der Waals surface area contributed by atoms with Crippen molar-refractivity contribution in [3.63, 3.8) is 0 Å².